The van der Waals surface area contributed by atoms with Gasteiger partial charge < -0.3 is 5.32 Å². The first-order valence-electron chi connectivity index (χ1n) is 4.55. The first-order chi connectivity index (χ1) is 7.15. The molecule has 0 bridgehead atoms. The molecule has 0 amide bonds. The lowest BCUT2D eigenvalue weighted by atomic mass is 10.4. The Bertz CT molecular complexity index is 478. The highest BCUT2D eigenvalue weighted by atomic mass is 79.9. The summed E-state index contributed by atoms with van der Waals surface area (Å²) in [5, 5.41) is 7.34. The van der Waals surface area contributed by atoms with E-state index in [0.29, 0.717) is 0 Å². The van der Waals surface area contributed by atoms with Crippen LogP contribution in [0.3, 0.4) is 0 Å². The number of rotatable bonds is 2. The summed E-state index contributed by atoms with van der Waals surface area (Å²) in [6.07, 6.45) is 1.88. The Kier molecular flexibility index (Phi) is 2.73. The third kappa shape index (κ3) is 2.36. The lowest BCUT2D eigenvalue weighted by molar-refractivity contribution is 0.771. The molecule has 5 heteroatoms. The van der Waals surface area contributed by atoms with Crippen LogP contribution in [0.25, 0.3) is 0 Å². The second-order valence-corrected chi connectivity index (χ2v) is 4.12. The van der Waals surface area contributed by atoms with Crippen LogP contribution in [0.15, 0.2) is 28.9 Å². The van der Waals surface area contributed by atoms with E-state index in [-0.39, 0.29) is 0 Å². The van der Waals surface area contributed by atoms with Crippen molar-refractivity contribution in [3.05, 3.63) is 34.6 Å². The van der Waals surface area contributed by atoms with Gasteiger partial charge in [-0.25, -0.2) is 4.98 Å². The van der Waals surface area contributed by atoms with Gasteiger partial charge in [0.1, 0.15) is 5.82 Å². The largest absolute Gasteiger partial charge is 0.323 e. The molecule has 0 unspecified atom stereocenters. The van der Waals surface area contributed by atoms with Crippen molar-refractivity contribution >= 4 is 27.6 Å². The second kappa shape index (κ2) is 4.02. The fourth-order valence-electron chi connectivity index (χ4n) is 1.23. The molecular weight excluding hydrogens is 256 g/mol. The number of aryl methyl sites for hydroxylation is 2. The topological polar surface area (TPSA) is 42.7 Å². The summed E-state index contributed by atoms with van der Waals surface area (Å²) >= 11 is 3.41. The molecule has 0 atom stereocenters. The van der Waals surface area contributed by atoms with E-state index in [1.165, 1.54) is 0 Å². The van der Waals surface area contributed by atoms with Crippen LogP contribution in [0.2, 0.25) is 0 Å². The molecule has 0 radical (unpaired) electrons. The van der Waals surface area contributed by atoms with Gasteiger partial charge in [-0.05, 0) is 35.0 Å². The van der Waals surface area contributed by atoms with Gasteiger partial charge in [0.2, 0.25) is 0 Å². The molecule has 0 aliphatic heterocycles. The van der Waals surface area contributed by atoms with E-state index < -0.39 is 0 Å². The van der Waals surface area contributed by atoms with Crippen molar-refractivity contribution in [2.24, 2.45) is 7.05 Å². The SMILES string of the molecule is Cc1nc(Nc2ccn(C)n2)ccc1Br. The minimum Gasteiger partial charge on any atom is -0.323 e. The van der Waals surface area contributed by atoms with Crippen LogP contribution in [-0.4, -0.2) is 14.8 Å². The van der Waals surface area contributed by atoms with Crippen LogP contribution in [0, 0.1) is 6.92 Å². The van der Waals surface area contributed by atoms with Gasteiger partial charge in [0.15, 0.2) is 5.82 Å². The summed E-state index contributed by atoms with van der Waals surface area (Å²) in [5.74, 6) is 1.60. The van der Waals surface area contributed by atoms with Gasteiger partial charge in [-0.15, -0.1) is 0 Å². The number of nitrogens with zero attached hydrogens (tertiary/aromatic N) is 3. The third-order valence-corrected chi connectivity index (χ3v) is 2.83. The maximum absolute atomic E-state index is 4.37. The predicted octanol–water partition coefficient (Wildman–Crippen LogP) is 2.63. The van der Waals surface area contributed by atoms with Gasteiger partial charge in [0.25, 0.3) is 0 Å². The summed E-state index contributed by atoms with van der Waals surface area (Å²) in [6.45, 7) is 1.95. The Morgan fingerprint density at radius 1 is 1.27 bits per heavy atom. The third-order valence-electron chi connectivity index (χ3n) is 1.99. The lowest BCUT2D eigenvalue weighted by Crippen LogP contribution is -1.97. The molecular formula is C10H11BrN4. The molecule has 15 heavy (non-hydrogen) atoms. The summed E-state index contributed by atoms with van der Waals surface area (Å²) in [6, 6.07) is 5.78. The van der Waals surface area contributed by atoms with Gasteiger partial charge in [0, 0.05) is 23.8 Å². The van der Waals surface area contributed by atoms with E-state index in [4.69, 9.17) is 0 Å². The van der Waals surface area contributed by atoms with E-state index >= 15 is 0 Å². The van der Waals surface area contributed by atoms with Crippen molar-refractivity contribution in [2.45, 2.75) is 6.92 Å². The number of nitrogens with one attached hydrogen (secondary N) is 1. The number of hydrogen-bond acceptors (Lipinski definition) is 3. The van der Waals surface area contributed by atoms with Gasteiger partial charge >= 0.3 is 0 Å². The van der Waals surface area contributed by atoms with E-state index in [1.54, 1.807) is 4.68 Å². The molecule has 2 heterocycles. The minimum atomic E-state index is 0.798. The zero-order valence-electron chi connectivity index (χ0n) is 8.53. The Hall–Kier alpha value is -1.36. The Balaban J connectivity index is 2.21. The monoisotopic (exact) mass is 266 g/mol. The number of halogens is 1. The van der Waals surface area contributed by atoms with E-state index in [2.05, 4.69) is 31.3 Å². The zero-order chi connectivity index (χ0) is 10.8. The highest BCUT2D eigenvalue weighted by molar-refractivity contribution is 9.10. The first kappa shape index (κ1) is 10.2. The highest BCUT2D eigenvalue weighted by Gasteiger charge is 2.01. The van der Waals surface area contributed by atoms with E-state index in [1.807, 2.05) is 38.4 Å². The van der Waals surface area contributed by atoms with Crippen LogP contribution in [0.1, 0.15) is 5.69 Å². The smallest absolute Gasteiger partial charge is 0.153 e. The quantitative estimate of drug-likeness (QED) is 0.909. The normalized spacial score (nSPS) is 10.3. The Morgan fingerprint density at radius 2 is 2.07 bits per heavy atom. The zero-order valence-corrected chi connectivity index (χ0v) is 10.1. The first-order valence-corrected chi connectivity index (χ1v) is 5.34. The molecule has 1 N–H and O–H groups in total. The lowest BCUT2D eigenvalue weighted by Gasteiger charge is -2.03. The summed E-state index contributed by atoms with van der Waals surface area (Å²) in [5.41, 5.74) is 0.955. The van der Waals surface area contributed by atoms with Crippen molar-refractivity contribution in [1.82, 2.24) is 14.8 Å². The number of aromatic nitrogens is 3. The van der Waals surface area contributed by atoms with Gasteiger partial charge in [-0.3, -0.25) is 4.68 Å². The molecule has 4 nitrogen and oxygen atoms in total. The number of hydrogen-bond donors (Lipinski definition) is 1. The Labute approximate surface area is 96.5 Å². The predicted molar refractivity (Wildman–Crippen MR) is 63.2 cm³/mol. The standard InChI is InChI=1S/C10H11BrN4/c1-7-8(11)3-4-9(12-7)13-10-5-6-15(2)14-10/h3-6H,1-2H3,(H,12,13,14). The molecule has 0 fully saturated rings. The van der Waals surface area contributed by atoms with Crippen molar-refractivity contribution in [3.63, 3.8) is 0 Å². The summed E-state index contributed by atoms with van der Waals surface area (Å²) in [4.78, 5) is 4.37. The molecule has 2 rings (SSSR count). The van der Waals surface area contributed by atoms with Gasteiger partial charge in [-0.1, -0.05) is 0 Å². The number of pyridine rings is 1. The van der Waals surface area contributed by atoms with E-state index in [9.17, 15) is 0 Å². The molecule has 78 valence electrons. The van der Waals surface area contributed by atoms with Gasteiger partial charge in [0.05, 0.1) is 5.69 Å². The molecule has 0 saturated heterocycles. The molecule has 0 saturated carbocycles. The Morgan fingerprint density at radius 3 is 2.67 bits per heavy atom. The van der Waals surface area contributed by atoms with Gasteiger partial charge in [-0.2, -0.15) is 5.10 Å². The average Bonchev–Trinajstić information content (AvgIpc) is 2.58. The van der Waals surface area contributed by atoms with Crippen LogP contribution in [-0.2, 0) is 7.05 Å². The molecule has 0 aliphatic carbocycles. The molecule has 0 aliphatic rings. The maximum atomic E-state index is 4.37. The highest BCUT2D eigenvalue weighted by Crippen LogP contribution is 2.18. The van der Waals surface area contributed by atoms with Crippen molar-refractivity contribution < 1.29 is 0 Å². The summed E-state index contributed by atoms with van der Waals surface area (Å²) < 4.78 is 2.75. The molecule has 2 aromatic rings. The molecule has 0 spiro atoms. The number of anilines is 2. The molecule has 2 aromatic heterocycles. The maximum Gasteiger partial charge on any atom is 0.153 e. The fourth-order valence-corrected chi connectivity index (χ4v) is 1.45. The molecule has 0 aromatic carbocycles. The second-order valence-electron chi connectivity index (χ2n) is 3.26. The average molecular weight is 267 g/mol. The minimum absolute atomic E-state index is 0.798. The van der Waals surface area contributed by atoms with Crippen molar-refractivity contribution in [3.8, 4) is 0 Å². The van der Waals surface area contributed by atoms with Crippen LogP contribution < -0.4 is 5.32 Å². The van der Waals surface area contributed by atoms with Crippen molar-refractivity contribution in [1.29, 1.82) is 0 Å². The van der Waals surface area contributed by atoms with Crippen molar-refractivity contribution in [2.75, 3.05) is 5.32 Å². The summed E-state index contributed by atoms with van der Waals surface area (Å²) in [7, 11) is 1.88. The van der Waals surface area contributed by atoms with E-state index in [0.717, 1.165) is 21.8 Å². The van der Waals surface area contributed by atoms with Crippen LogP contribution in [0.4, 0.5) is 11.6 Å². The van der Waals surface area contributed by atoms with Crippen LogP contribution in [0.5, 0.6) is 0 Å². The van der Waals surface area contributed by atoms with Crippen LogP contribution >= 0.6 is 15.9 Å². The fraction of sp³-hybridized carbons (Fsp3) is 0.200.